The Morgan fingerprint density at radius 1 is 1.11 bits per heavy atom. The van der Waals surface area contributed by atoms with Crippen molar-refractivity contribution in [2.75, 3.05) is 0 Å². The second-order valence-corrected chi connectivity index (χ2v) is 2.96. The fourth-order valence-electron chi connectivity index (χ4n) is 0.951. The lowest BCUT2D eigenvalue weighted by Gasteiger charge is -1.91. The molecule has 2 aromatic heterocycles. The highest BCUT2D eigenvalue weighted by molar-refractivity contribution is 5.92. The SMILES string of the molecule is Cl.N#Cc1ccccn1.N=C(N)c1ccccn1. The van der Waals surface area contributed by atoms with E-state index in [1.807, 2.05) is 6.07 Å². The minimum Gasteiger partial charge on any atom is -0.382 e. The minimum absolute atomic E-state index is 0. The number of rotatable bonds is 1. The smallest absolute Gasteiger partial charge is 0.141 e. The Kier molecular flexibility index (Phi) is 7.49. The van der Waals surface area contributed by atoms with Crippen LogP contribution < -0.4 is 5.73 Å². The fraction of sp³-hybridized carbons (Fsp3) is 0. The molecular formula is C12H12ClN5. The summed E-state index contributed by atoms with van der Waals surface area (Å²) >= 11 is 0. The first-order valence-electron chi connectivity index (χ1n) is 4.80. The number of nitrogens with zero attached hydrogens (tertiary/aromatic N) is 3. The van der Waals surface area contributed by atoms with Crippen LogP contribution in [0.4, 0.5) is 0 Å². The highest BCUT2D eigenvalue weighted by atomic mass is 35.5. The molecule has 6 heteroatoms. The molecule has 0 amide bonds. The van der Waals surface area contributed by atoms with Crippen LogP contribution in [0.3, 0.4) is 0 Å². The lowest BCUT2D eigenvalue weighted by Crippen LogP contribution is -2.12. The van der Waals surface area contributed by atoms with Crippen LogP contribution in [0.1, 0.15) is 11.4 Å². The topological polar surface area (TPSA) is 99.4 Å². The van der Waals surface area contributed by atoms with Crippen molar-refractivity contribution in [1.29, 1.82) is 10.7 Å². The summed E-state index contributed by atoms with van der Waals surface area (Å²) in [6.45, 7) is 0. The summed E-state index contributed by atoms with van der Waals surface area (Å²) in [5, 5.41) is 15.2. The number of nitrogens with two attached hydrogens (primary N) is 1. The van der Waals surface area contributed by atoms with Gasteiger partial charge in [0.25, 0.3) is 0 Å². The number of pyridine rings is 2. The molecule has 0 fully saturated rings. The van der Waals surface area contributed by atoms with E-state index < -0.39 is 0 Å². The second-order valence-electron chi connectivity index (χ2n) is 2.96. The van der Waals surface area contributed by atoms with Gasteiger partial charge in [-0.1, -0.05) is 12.1 Å². The van der Waals surface area contributed by atoms with Gasteiger partial charge in [0, 0.05) is 12.4 Å². The van der Waals surface area contributed by atoms with Gasteiger partial charge in [-0.2, -0.15) is 5.26 Å². The summed E-state index contributed by atoms with van der Waals surface area (Å²) in [5.74, 6) is 0.00981. The lowest BCUT2D eigenvalue weighted by atomic mass is 10.3. The zero-order valence-electron chi connectivity index (χ0n) is 9.45. The van der Waals surface area contributed by atoms with Crippen LogP contribution in [0.25, 0.3) is 0 Å². The Morgan fingerprint density at radius 3 is 2.00 bits per heavy atom. The van der Waals surface area contributed by atoms with Crippen LogP contribution >= 0.6 is 12.4 Å². The van der Waals surface area contributed by atoms with Gasteiger partial charge < -0.3 is 5.73 Å². The lowest BCUT2D eigenvalue weighted by molar-refractivity contribution is 1.26. The van der Waals surface area contributed by atoms with E-state index in [0.717, 1.165) is 0 Å². The van der Waals surface area contributed by atoms with E-state index in [1.165, 1.54) is 0 Å². The summed E-state index contributed by atoms with van der Waals surface area (Å²) in [5.41, 5.74) is 6.13. The molecular weight excluding hydrogens is 250 g/mol. The molecule has 2 heterocycles. The Morgan fingerprint density at radius 2 is 1.72 bits per heavy atom. The first kappa shape index (κ1) is 15.6. The standard InChI is InChI=1S/C6H7N3.C6H4N2.ClH/c7-6(8)5-3-1-2-4-9-5;7-5-6-3-1-2-4-8-6;/h1-4H,(H3,7,8);1-4H;1H. The highest BCUT2D eigenvalue weighted by Gasteiger charge is 1.91. The van der Waals surface area contributed by atoms with Crippen molar-refractivity contribution < 1.29 is 0 Å². The molecule has 0 aliphatic rings. The maximum absolute atomic E-state index is 8.23. The minimum atomic E-state index is 0. The molecule has 3 N–H and O–H groups in total. The van der Waals surface area contributed by atoms with Crippen LogP contribution in [-0.4, -0.2) is 15.8 Å². The number of amidine groups is 1. The third-order valence-corrected chi connectivity index (χ3v) is 1.72. The molecule has 18 heavy (non-hydrogen) atoms. The average molecular weight is 262 g/mol. The largest absolute Gasteiger partial charge is 0.382 e. The summed E-state index contributed by atoms with van der Waals surface area (Å²) in [6, 6.07) is 12.4. The second kappa shape index (κ2) is 8.67. The fourth-order valence-corrected chi connectivity index (χ4v) is 0.951. The van der Waals surface area contributed by atoms with E-state index in [4.69, 9.17) is 16.4 Å². The molecule has 0 saturated carbocycles. The van der Waals surface area contributed by atoms with Gasteiger partial charge in [-0.25, -0.2) is 4.98 Å². The van der Waals surface area contributed by atoms with Crippen molar-refractivity contribution in [1.82, 2.24) is 9.97 Å². The maximum atomic E-state index is 8.23. The van der Waals surface area contributed by atoms with E-state index >= 15 is 0 Å². The van der Waals surface area contributed by atoms with Gasteiger partial charge in [0.1, 0.15) is 23.3 Å². The van der Waals surface area contributed by atoms with E-state index in [1.54, 1.807) is 48.8 Å². The Labute approximate surface area is 111 Å². The summed E-state index contributed by atoms with van der Waals surface area (Å²) < 4.78 is 0. The average Bonchev–Trinajstić information content (AvgIpc) is 2.41. The maximum Gasteiger partial charge on any atom is 0.141 e. The van der Waals surface area contributed by atoms with Crippen molar-refractivity contribution in [3.05, 3.63) is 60.2 Å². The summed E-state index contributed by atoms with van der Waals surface area (Å²) in [4.78, 5) is 7.56. The van der Waals surface area contributed by atoms with Crippen LogP contribution in [0.5, 0.6) is 0 Å². The third-order valence-electron chi connectivity index (χ3n) is 1.72. The zero-order valence-corrected chi connectivity index (χ0v) is 10.3. The van der Waals surface area contributed by atoms with E-state index in [2.05, 4.69) is 9.97 Å². The van der Waals surface area contributed by atoms with E-state index in [0.29, 0.717) is 11.4 Å². The van der Waals surface area contributed by atoms with Crippen molar-refractivity contribution in [3.63, 3.8) is 0 Å². The van der Waals surface area contributed by atoms with Crippen LogP contribution in [0.2, 0.25) is 0 Å². The molecule has 2 aromatic rings. The predicted octanol–water partition coefficient (Wildman–Crippen LogP) is 1.74. The normalized spacial score (nSPS) is 7.94. The molecule has 0 bridgehead atoms. The number of aromatic nitrogens is 2. The van der Waals surface area contributed by atoms with Crippen LogP contribution in [0, 0.1) is 16.7 Å². The summed E-state index contributed by atoms with van der Waals surface area (Å²) in [7, 11) is 0. The van der Waals surface area contributed by atoms with Crippen molar-refractivity contribution in [3.8, 4) is 6.07 Å². The monoisotopic (exact) mass is 261 g/mol. The van der Waals surface area contributed by atoms with Gasteiger partial charge in [0.15, 0.2) is 0 Å². The Balaban J connectivity index is 0.000000306. The molecule has 0 aliphatic carbocycles. The van der Waals surface area contributed by atoms with Gasteiger partial charge in [-0.15, -0.1) is 12.4 Å². The van der Waals surface area contributed by atoms with Crippen LogP contribution in [-0.2, 0) is 0 Å². The number of hydrogen-bond acceptors (Lipinski definition) is 4. The van der Waals surface area contributed by atoms with Gasteiger partial charge in [0.05, 0.1) is 0 Å². The van der Waals surface area contributed by atoms with Gasteiger partial charge >= 0.3 is 0 Å². The van der Waals surface area contributed by atoms with Crippen molar-refractivity contribution in [2.24, 2.45) is 5.73 Å². The molecule has 0 unspecified atom stereocenters. The molecule has 0 spiro atoms. The third kappa shape index (κ3) is 5.58. The van der Waals surface area contributed by atoms with E-state index in [-0.39, 0.29) is 18.2 Å². The molecule has 92 valence electrons. The molecule has 0 saturated heterocycles. The number of nitrogens with one attached hydrogen (secondary N) is 1. The number of nitrogen functional groups attached to an aromatic ring is 1. The van der Waals surface area contributed by atoms with Gasteiger partial charge in [-0.05, 0) is 24.3 Å². The number of halogens is 1. The van der Waals surface area contributed by atoms with Gasteiger partial charge in [-0.3, -0.25) is 10.4 Å². The molecule has 0 aliphatic heterocycles. The van der Waals surface area contributed by atoms with Crippen molar-refractivity contribution in [2.45, 2.75) is 0 Å². The molecule has 0 radical (unpaired) electrons. The Bertz CT molecular complexity index is 507. The van der Waals surface area contributed by atoms with E-state index in [9.17, 15) is 0 Å². The Hall–Kier alpha value is -2.45. The van der Waals surface area contributed by atoms with Crippen LogP contribution in [0.15, 0.2) is 48.8 Å². The quantitative estimate of drug-likeness (QED) is 0.603. The molecule has 2 rings (SSSR count). The number of nitriles is 1. The number of hydrogen-bond donors (Lipinski definition) is 2. The first-order chi connectivity index (χ1) is 8.24. The summed E-state index contributed by atoms with van der Waals surface area (Å²) in [6.07, 6.45) is 3.20. The van der Waals surface area contributed by atoms with Gasteiger partial charge in [0.2, 0.25) is 0 Å². The molecule has 5 nitrogen and oxygen atoms in total. The zero-order chi connectivity index (χ0) is 12.5. The predicted molar refractivity (Wildman–Crippen MR) is 71.5 cm³/mol. The van der Waals surface area contributed by atoms with Crippen molar-refractivity contribution >= 4 is 18.2 Å². The molecule has 0 atom stereocenters. The molecule has 0 aromatic carbocycles. The first-order valence-corrected chi connectivity index (χ1v) is 4.80. The highest BCUT2D eigenvalue weighted by Crippen LogP contribution is 1.89.